The number of hydrogen-bond donors (Lipinski definition) is 0. The minimum absolute atomic E-state index is 0.0201. The number of aryl methyl sites for hydroxylation is 1. The van der Waals surface area contributed by atoms with Gasteiger partial charge in [-0.05, 0) is 49.6 Å². The molecule has 0 N–H and O–H groups in total. The molecule has 0 radical (unpaired) electrons. The van der Waals surface area contributed by atoms with Crippen molar-refractivity contribution in [3.63, 3.8) is 0 Å². The lowest BCUT2D eigenvalue weighted by Crippen LogP contribution is -2.49. The molecule has 1 amide bonds. The van der Waals surface area contributed by atoms with E-state index in [1.54, 1.807) is 0 Å². The fourth-order valence-electron chi connectivity index (χ4n) is 6.02. The molecule has 0 spiro atoms. The molecule has 6 rings (SSSR count). The van der Waals surface area contributed by atoms with Crippen LogP contribution in [0, 0.1) is 6.92 Å². The topological polar surface area (TPSA) is 87.2 Å². The van der Waals surface area contributed by atoms with Gasteiger partial charge in [0.05, 0.1) is 43.3 Å². The number of piperazine rings is 1. The van der Waals surface area contributed by atoms with E-state index in [1.165, 1.54) is 17.2 Å². The number of benzene rings is 1. The summed E-state index contributed by atoms with van der Waals surface area (Å²) < 4.78 is 11.7. The molecule has 41 heavy (non-hydrogen) atoms. The lowest BCUT2D eigenvalue weighted by atomic mass is 10.0. The van der Waals surface area contributed by atoms with Gasteiger partial charge in [0.1, 0.15) is 5.82 Å². The van der Waals surface area contributed by atoms with E-state index in [4.69, 9.17) is 24.4 Å². The van der Waals surface area contributed by atoms with E-state index in [0.29, 0.717) is 32.3 Å². The molecule has 2 aromatic heterocycles. The highest BCUT2D eigenvalue weighted by atomic mass is 16.5. The summed E-state index contributed by atoms with van der Waals surface area (Å²) in [6.45, 7) is 15.1. The van der Waals surface area contributed by atoms with Crippen molar-refractivity contribution in [2.75, 3.05) is 82.0 Å². The number of carbonyl (C=O) groups excluding carboxylic acids is 1. The SMILES string of the molecule is C=CC(=O)N1CCN(c2nc(OCCCN3CCOCC3)nc3c2CCN(c2cc(C)cc4cccnc24)C3)CC1. The van der Waals surface area contributed by atoms with Crippen molar-refractivity contribution in [2.24, 2.45) is 0 Å². The number of amides is 1. The number of hydrogen-bond acceptors (Lipinski definition) is 9. The first-order valence-electron chi connectivity index (χ1n) is 14.7. The molecule has 3 aromatic rings. The largest absolute Gasteiger partial charge is 0.463 e. The molecule has 216 valence electrons. The molecular formula is C31H39N7O3. The molecule has 0 unspecified atom stereocenters. The summed E-state index contributed by atoms with van der Waals surface area (Å²) in [5, 5.41) is 1.15. The zero-order valence-corrected chi connectivity index (χ0v) is 23.9. The van der Waals surface area contributed by atoms with Crippen LogP contribution in [-0.4, -0.2) is 103 Å². The van der Waals surface area contributed by atoms with Crippen LogP contribution in [0.1, 0.15) is 23.2 Å². The van der Waals surface area contributed by atoms with Crippen molar-refractivity contribution in [1.29, 1.82) is 0 Å². The minimum Gasteiger partial charge on any atom is -0.463 e. The Hall–Kier alpha value is -3.76. The molecule has 0 bridgehead atoms. The van der Waals surface area contributed by atoms with Crippen molar-refractivity contribution in [2.45, 2.75) is 26.3 Å². The predicted molar refractivity (Wildman–Crippen MR) is 160 cm³/mol. The highest BCUT2D eigenvalue weighted by Gasteiger charge is 2.29. The maximum absolute atomic E-state index is 12.2. The highest BCUT2D eigenvalue weighted by Crippen LogP contribution is 2.34. The summed E-state index contributed by atoms with van der Waals surface area (Å²) in [4.78, 5) is 35.7. The third-order valence-electron chi connectivity index (χ3n) is 8.21. The normalized spacial score (nSPS) is 17.9. The molecule has 2 fully saturated rings. The van der Waals surface area contributed by atoms with Crippen LogP contribution in [0.25, 0.3) is 10.9 Å². The zero-order valence-electron chi connectivity index (χ0n) is 23.9. The summed E-state index contributed by atoms with van der Waals surface area (Å²) in [6.07, 6.45) is 4.99. The first-order valence-corrected chi connectivity index (χ1v) is 14.7. The van der Waals surface area contributed by atoms with E-state index in [2.05, 4.69) is 46.4 Å². The number of carbonyl (C=O) groups is 1. The van der Waals surface area contributed by atoms with Crippen LogP contribution in [0.15, 0.2) is 43.1 Å². The standard InChI is InChI=1S/C31H39N7O3/c1-3-28(39)36-11-13-37(14-12-36)30-25-7-10-38(27-21-23(2)20-24-6-4-8-32-29(24)27)22-26(25)33-31(34-30)41-17-5-9-35-15-18-40-19-16-35/h3-4,6,8,20-21H,1,5,7,9-19,22H2,2H3. The van der Waals surface area contributed by atoms with E-state index >= 15 is 0 Å². The Morgan fingerprint density at radius 1 is 1.07 bits per heavy atom. The number of rotatable bonds is 8. The van der Waals surface area contributed by atoms with Gasteiger partial charge in [0.25, 0.3) is 0 Å². The number of anilines is 2. The maximum atomic E-state index is 12.2. The Labute approximate surface area is 241 Å². The number of ether oxygens (including phenoxy) is 2. The second-order valence-corrected chi connectivity index (χ2v) is 11.0. The fourth-order valence-corrected chi connectivity index (χ4v) is 6.02. The Morgan fingerprint density at radius 2 is 1.90 bits per heavy atom. The third-order valence-corrected chi connectivity index (χ3v) is 8.21. The molecule has 2 saturated heterocycles. The number of aromatic nitrogens is 3. The Kier molecular flexibility index (Phi) is 8.29. The molecule has 0 saturated carbocycles. The molecule has 0 aliphatic carbocycles. The number of pyridine rings is 1. The lowest BCUT2D eigenvalue weighted by Gasteiger charge is -2.38. The van der Waals surface area contributed by atoms with Crippen molar-refractivity contribution >= 4 is 28.3 Å². The number of nitrogens with zero attached hydrogens (tertiary/aromatic N) is 7. The van der Waals surface area contributed by atoms with Crippen LogP contribution in [0.4, 0.5) is 11.5 Å². The van der Waals surface area contributed by atoms with Gasteiger partial charge in [-0.3, -0.25) is 14.7 Å². The van der Waals surface area contributed by atoms with Crippen molar-refractivity contribution in [1.82, 2.24) is 24.8 Å². The van der Waals surface area contributed by atoms with E-state index in [9.17, 15) is 4.79 Å². The van der Waals surface area contributed by atoms with Crippen LogP contribution in [0.3, 0.4) is 0 Å². The summed E-state index contributed by atoms with van der Waals surface area (Å²) in [5.74, 6) is 0.920. The Morgan fingerprint density at radius 3 is 2.71 bits per heavy atom. The zero-order chi connectivity index (χ0) is 28.2. The van der Waals surface area contributed by atoms with E-state index in [0.717, 1.165) is 93.4 Å². The summed E-state index contributed by atoms with van der Waals surface area (Å²) >= 11 is 0. The van der Waals surface area contributed by atoms with Gasteiger partial charge >= 0.3 is 6.01 Å². The minimum atomic E-state index is -0.0201. The molecule has 5 heterocycles. The first kappa shape index (κ1) is 27.4. The van der Waals surface area contributed by atoms with Gasteiger partial charge in [0.2, 0.25) is 5.91 Å². The van der Waals surface area contributed by atoms with Crippen LogP contribution in [-0.2, 0) is 22.5 Å². The predicted octanol–water partition coefficient (Wildman–Crippen LogP) is 2.83. The second-order valence-electron chi connectivity index (χ2n) is 11.0. The Balaban J connectivity index is 1.24. The summed E-state index contributed by atoms with van der Waals surface area (Å²) in [6, 6.07) is 8.95. The molecule has 0 atom stereocenters. The third kappa shape index (κ3) is 6.13. The monoisotopic (exact) mass is 557 g/mol. The fraction of sp³-hybridized carbons (Fsp3) is 0.484. The van der Waals surface area contributed by atoms with Crippen LogP contribution in [0.5, 0.6) is 6.01 Å². The maximum Gasteiger partial charge on any atom is 0.318 e. The Bertz CT molecular complexity index is 1400. The van der Waals surface area contributed by atoms with E-state index in [1.807, 2.05) is 17.2 Å². The molecule has 3 aliphatic heterocycles. The first-order chi connectivity index (χ1) is 20.1. The molecule has 10 heteroatoms. The van der Waals surface area contributed by atoms with Crippen molar-refractivity contribution in [3.8, 4) is 6.01 Å². The van der Waals surface area contributed by atoms with E-state index in [-0.39, 0.29) is 5.91 Å². The van der Waals surface area contributed by atoms with Crippen LogP contribution < -0.4 is 14.5 Å². The number of morpholine rings is 1. The number of fused-ring (bicyclic) bond motifs is 2. The average molecular weight is 558 g/mol. The quantitative estimate of drug-likeness (QED) is 0.307. The molecular weight excluding hydrogens is 518 g/mol. The van der Waals surface area contributed by atoms with Gasteiger partial charge in [-0.15, -0.1) is 0 Å². The van der Waals surface area contributed by atoms with Crippen LogP contribution in [0.2, 0.25) is 0 Å². The molecule has 10 nitrogen and oxygen atoms in total. The highest BCUT2D eigenvalue weighted by molar-refractivity contribution is 5.91. The van der Waals surface area contributed by atoms with Gasteiger partial charge in [0.15, 0.2) is 0 Å². The molecule has 1 aromatic carbocycles. The van der Waals surface area contributed by atoms with Gasteiger partial charge in [-0.25, -0.2) is 0 Å². The van der Waals surface area contributed by atoms with Crippen molar-refractivity contribution in [3.05, 3.63) is 59.9 Å². The van der Waals surface area contributed by atoms with Gasteiger partial charge < -0.3 is 24.2 Å². The van der Waals surface area contributed by atoms with Gasteiger partial charge in [-0.1, -0.05) is 12.6 Å². The molecule has 3 aliphatic rings. The second kappa shape index (κ2) is 12.4. The summed E-state index contributed by atoms with van der Waals surface area (Å²) in [5.41, 5.74) is 5.54. The lowest BCUT2D eigenvalue weighted by molar-refractivity contribution is -0.126. The van der Waals surface area contributed by atoms with Gasteiger partial charge in [-0.2, -0.15) is 9.97 Å². The average Bonchev–Trinajstić information content (AvgIpc) is 3.02. The van der Waals surface area contributed by atoms with Crippen LogP contribution >= 0.6 is 0 Å². The smallest absolute Gasteiger partial charge is 0.318 e. The summed E-state index contributed by atoms with van der Waals surface area (Å²) in [7, 11) is 0. The van der Waals surface area contributed by atoms with E-state index < -0.39 is 0 Å². The van der Waals surface area contributed by atoms with Crippen molar-refractivity contribution < 1.29 is 14.3 Å². The van der Waals surface area contributed by atoms with Gasteiger partial charge in [0, 0.05) is 69.5 Å².